The Bertz CT molecular complexity index is 1330. The number of hydrogen-bond acceptors (Lipinski definition) is 5. The Labute approximate surface area is 257 Å². The summed E-state index contributed by atoms with van der Waals surface area (Å²) in [7, 11) is 1.30. The van der Waals surface area contributed by atoms with E-state index in [0.29, 0.717) is 26.1 Å². The molecule has 3 heterocycles. The molecule has 7 nitrogen and oxygen atoms in total. The highest BCUT2D eigenvalue weighted by Gasteiger charge is 2.35. The number of ether oxygens (including phenoxy) is 2. The van der Waals surface area contributed by atoms with Crippen LogP contribution in [0.5, 0.6) is 5.75 Å². The van der Waals surface area contributed by atoms with Gasteiger partial charge in [-0.15, -0.1) is 24.8 Å². The summed E-state index contributed by atoms with van der Waals surface area (Å²) in [6.07, 6.45) is -1.64. The highest BCUT2D eigenvalue weighted by Crippen LogP contribution is 2.33. The number of amides is 1. The average molecular weight is 632 g/mol. The molecule has 2 aliphatic rings. The number of benzene rings is 2. The van der Waals surface area contributed by atoms with Gasteiger partial charge in [0.1, 0.15) is 5.75 Å². The number of nitrogens with one attached hydrogen (secondary N) is 1. The number of hydrogen-bond donors (Lipinski definition) is 1. The third-order valence-corrected chi connectivity index (χ3v) is 7.90. The monoisotopic (exact) mass is 630 g/mol. The minimum Gasteiger partial charge on any atom is -0.497 e. The quantitative estimate of drug-likeness (QED) is 0.373. The van der Waals surface area contributed by atoms with Gasteiger partial charge in [0.25, 0.3) is 5.91 Å². The molecule has 0 bridgehead atoms. The number of rotatable bonds is 7. The number of carbonyl (C=O) groups is 1. The van der Waals surface area contributed by atoms with Gasteiger partial charge in [-0.1, -0.05) is 18.2 Å². The third kappa shape index (κ3) is 7.90. The topological polar surface area (TPSA) is 61.0 Å². The maximum Gasteiger partial charge on any atom is 0.416 e. The number of carbonyl (C=O) groups excluding carboxylic acids is 1. The molecule has 0 radical (unpaired) electrons. The number of halogens is 5. The zero-order valence-electron chi connectivity index (χ0n) is 24.0. The van der Waals surface area contributed by atoms with Crippen LogP contribution in [-0.2, 0) is 17.3 Å². The lowest BCUT2D eigenvalue weighted by Crippen LogP contribution is -2.57. The van der Waals surface area contributed by atoms with Gasteiger partial charge in [-0.25, -0.2) is 0 Å². The minimum atomic E-state index is -4.58. The van der Waals surface area contributed by atoms with E-state index in [1.54, 1.807) is 4.90 Å². The molecule has 2 unspecified atom stereocenters. The molecule has 1 amide bonds. The zero-order valence-corrected chi connectivity index (χ0v) is 25.7. The first kappa shape index (κ1) is 34.0. The molecule has 2 saturated heterocycles. The van der Waals surface area contributed by atoms with Gasteiger partial charge in [0.2, 0.25) is 0 Å². The maximum atomic E-state index is 13.8. The molecule has 42 heavy (non-hydrogen) atoms. The Morgan fingerprint density at radius 2 is 1.69 bits per heavy atom. The van der Waals surface area contributed by atoms with Gasteiger partial charge >= 0.3 is 6.18 Å². The smallest absolute Gasteiger partial charge is 0.416 e. The van der Waals surface area contributed by atoms with Gasteiger partial charge in [-0.3, -0.25) is 14.6 Å². The van der Waals surface area contributed by atoms with E-state index in [-0.39, 0.29) is 54.4 Å². The van der Waals surface area contributed by atoms with Gasteiger partial charge in [-0.05, 0) is 50.1 Å². The highest BCUT2D eigenvalue weighted by molar-refractivity contribution is 5.95. The molecule has 2 fully saturated rings. The van der Waals surface area contributed by atoms with Crippen LogP contribution in [0.2, 0.25) is 0 Å². The molecule has 12 heteroatoms. The molecule has 2 aliphatic heterocycles. The second-order valence-electron chi connectivity index (χ2n) is 11.0. The standard InChI is InChI=1S/C30H37F3N4O3.2ClH/c1-20-17-36(18-21(2)40-20)9-8-35-10-11-37(25(19-35)13-23-16-34-28-7-5-4-6-27(23)28)29(38)22-12-24(30(31,32)33)15-26(14-22)39-3;;/h4-7,12,14-16,20-21,25,34H,8-11,13,17-19H2,1-3H3;2*1H/t20?,21?,25-;;/m1../s1. The molecule has 3 atom stereocenters. The van der Waals surface area contributed by atoms with Gasteiger partial charge in [-0.2, -0.15) is 13.2 Å². The Morgan fingerprint density at radius 1 is 1.00 bits per heavy atom. The SMILES string of the molecule is COc1cc(C(=O)N2CCN(CCN3CC(C)OC(C)C3)C[C@H]2Cc2c[nH]c3ccccc23)cc(C(F)(F)F)c1.Cl.Cl. The lowest BCUT2D eigenvalue weighted by atomic mass is 9.99. The fourth-order valence-electron chi connectivity index (χ4n) is 6.04. The van der Waals surface area contributed by atoms with Gasteiger partial charge < -0.3 is 19.4 Å². The molecule has 0 saturated carbocycles. The number of fused-ring (bicyclic) bond motifs is 1. The Kier molecular flexibility index (Phi) is 11.6. The first-order valence-corrected chi connectivity index (χ1v) is 13.8. The molecule has 1 N–H and O–H groups in total. The van der Waals surface area contributed by atoms with Crippen LogP contribution < -0.4 is 4.74 Å². The van der Waals surface area contributed by atoms with Crippen molar-refractivity contribution in [2.24, 2.45) is 0 Å². The predicted octanol–water partition coefficient (Wildman–Crippen LogP) is 5.52. The number of aromatic amines is 1. The van der Waals surface area contributed by atoms with Crippen LogP contribution in [0, 0.1) is 0 Å². The zero-order chi connectivity index (χ0) is 28.4. The Hall–Kier alpha value is -2.50. The minimum absolute atomic E-state index is 0. The van der Waals surface area contributed by atoms with Gasteiger partial charge in [0.05, 0.1) is 24.9 Å². The second-order valence-corrected chi connectivity index (χ2v) is 11.0. The van der Waals surface area contributed by atoms with E-state index in [2.05, 4.69) is 28.6 Å². The lowest BCUT2D eigenvalue weighted by Gasteiger charge is -2.43. The summed E-state index contributed by atoms with van der Waals surface area (Å²) in [5, 5.41) is 1.09. The first-order valence-electron chi connectivity index (χ1n) is 13.8. The van der Waals surface area contributed by atoms with Crippen LogP contribution in [0.3, 0.4) is 0 Å². The van der Waals surface area contributed by atoms with E-state index in [0.717, 1.165) is 54.8 Å². The lowest BCUT2D eigenvalue weighted by molar-refractivity contribution is -0.137. The Morgan fingerprint density at radius 3 is 2.38 bits per heavy atom. The Balaban J connectivity index is 0.00000242. The number of H-pyrrole nitrogens is 1. The molecule has 0 spiro atoms. The molecule has 1 aromatic heterocycles. The van der Waals surface area contributed by atoms with Crippen molar-refractivity contribution in [2.75, 3.05) is 52.9 Å². The molecular weight excluding hydrogens is 592 g/mol. The van der Waals surface area contributed by atoms with E-state index in [4.69, 9.17) is 9.47 Å². The van der Waals surface area contributed by atoms with Crippen LogP contribution in [0.15, 0.2) is 48.7 Å². The van der Waals surface area contributed by atoms with Crippen molar-refractivity contribution in [1.82, 2.24) is 19.7 Å². The fourth-order valence-corrected chi connectivity index (χ4v) is 6.04. The van der Waals surface area contributed by atoms with Crippen molar-refractivity contribution in [3.63, 3.8) is 0 Å². The molecular formula is C30H39Cl2F3N4O3. The summed E-state index contributed by atoms with van der Waals surface area (Å²) in [5.74, 6) is -0.399. The van der Waals surface area contributed by atoms with Crippen molar-refractivity contribution in [3.05, 3.63) is 65.4 Å². The van der Waals surface area contributed by atoms with Crippen molar-refractivity contribution in [1.29, 1.82) is 0 Å². The largest absolute Gasteiger partial charge is 0.497 e. The van der Waals surface area contributed by atoms with E-state index in [1.165, 1.54) is 13.2 Å². The summed E-state index contributed by atoms with van der Waals surface area (Å²) >= 11 is 0. The number of alkyl halides is 3. The fraction of sp³-hybridized carbons (Fsp3) is 0.500. The number of nitrogens with zero attached hydrogens (tertiary/aromatic N) is 3. The number of methoxy groups -OCH3 is 1. The second kappa shape index (κ2) is 14.3. The first-order chi connectivity index (χ1) is 19.1. The summed E-state index contributed by atoms with van der Waals surface area (Å²) in [6, 6.07) is 11.0. The molecule has 3 aromatic rings. The number of aromatic nitrogens is 1. The number of piperazine rings is 1. The number of morpholine rings is 1. The summed E-state index contributed by atoms with van der Waals surface area (Å²) in [5.41, 5.74) is 1.19. The van der Waals surface area contributed by atoms with Crippen LogP contribution in [0.1, 0.15) is 35.3 Å². The van der Waals surface area contributed by atoms with Crippen LogP contribution in [0.25, 0.3) is 10.9 Å². The van der Waals surface area contributed by atoms with Crippen LogP contribution in [0.4, 0.5) is 13.2 Å². The third-order valence-electron chi connectivity index (χ3n) is 7.90. The van der Waals surface area contributed by atoms with E-state index >= 15 is 0 Å². The normalized spacial score (nSPS) is 22.0. The van der Waals surface area contributed by atoms with E-state index < -0.39 is 17.6 Å². The van der Waals surface area contributed by atoms with Gasteiger partial charge in [0.15, 0.2) is 0 Å². The van der Waals surface area contributed by atoms with Crippen molar-refractivity contribution >= 4 is 41.6 Å². The molecule has 5 rings (SSSR count). The van der Waals surface area contributed by atoms with E-state index in [1.807, 2.05) is 30.5 Å². The summed E-state index contributed by atoms with van der Waals surface area (Å²) in [6.45, 7) is 9.43. The predicted molar refractivity (Wildman–Crippen MR) is 162 cm³/mol. The molecule has 232 valence electrons. The van der Waals surface area contributed by atoms with Crippen molar-refractivity contribution < 1.29 is 27.4 Å². The van der Waals surface area contributed by atoms with Crippen LogP contribution in [-0.4, -0.2) is 96.8 Å². The van der Waals surface area contributed by atoms with E-state index in [9.17, 15) is 18.0 Å². The van der Waals surface area contributed by atoms with Crippen molar-refractivity contribution in [3.8, 4) is 5.75 Å². The highest BCUT2D eigenvalue weighted by atomic mass is 35.5. The van der Waals surface area contributed by atoms with Crippen molar-refractivity contribution in [2.45, 2.75) is 44.7 Å². The summed E-state index contributed by atoms with van der Waals surface area (Å²) in [4.78, 5) is 23.6. The van der Waals surface area contributed by atoms with Gasteiger partial charge in [0, 0.05) is 74.5 Å². The molecule has 2 aromatic carbocycles. The maximum absolute atomic E-state index is 13.8. The number of para-hydroxylation sites is 1. The van der Waals surface area contributed by atoms with Crippen LogP contribution >= 0.6 is 24.8 Å². The summed E-state index contributed by atoms with van der Waals surface area (Å²) < 4.78 is 51.8. The average Bonchev–Trinajstić information content (AvgIpc) is 3.33. The molecule has 0 aliphatic carbocycles.